The van der Waals surface area contributed by atoms with Crippen molar-refractivity contribution in [3.63, 3.8) is 0 Å². The Hall–Kier alpha value is -1.28. The Morgan fingerprint density at radius 3 is 1.25 bits per heavy atom. The van der Waals surface area contributed by atoms with E-state index in [4.69, 9.17) is 0 Å². The molecule has 2 aromatic carbocycles. The van der Waals surface area contributed by atoms with Crippen LogP contribution in [0.4, 0.5) is 0 Å². The maximum atomic E-state index is 2.76. The molecule has 0 spiro atoms. The van der Waals surface area contributed by atoms with Crippen LogP contribution < -0.4 is 0 Å². The van der Waals surface area contributed by atoms with Crippen LogP contribution in [0.5, 0.6) is 0 Å². The molecule has 4 bridgehead atoms. The summed E-state index contributed by atoms with van der Waals surface area (Å²) in [5.41, 5.74) is 17.2. The molecular weight excluding hydrogens is 583 g/mol. The molecule has 3 aliphatic rings. The van der Waals surface area contributed by atoms with Gasteiger partial charge in [0.2, 0.25) is 0 Å². The number of rotatable bonds is 10. The van der Waals surface area contributed by atoms with Crippen LogP contribution in [0.3, 0.4) is 0 Å². The molecule has 0 saturated carbocycles. The van der Waals surface area contributed by atoms with Crippen LogP contribution in [0.15, 0.2) is 35.4 Å². The van der Waals surface area contributed by atoms with E-state index in [2.05, 4.69) is 120 Å². The standard InChI is InChI=1S/C34H46Si.2C4H9.V/c1-19(2)25-15-27-13-23(9)33(31(27)29(17-25)21(5)6)35(11,12)34-24(10)14-28-16-26(20(3)4)18-30(22(7)8)32(28)34;2*1-3-4-2;/h13-22H,1-12H3;2*1,3-4H2,2H3;. The average Bonchev–Trinajstić information content (AvgIpc) is 3.44. The van der Waals surface area contributed by atoms with E-state index >= 15 is 0 Å². The zero-order valence-electron chi connectivity index (χ0n) is 31.0. The summed E-state index contributed by atoms with van der Waals surface area (Å²) >= 11 is -2.52. The van der Waals surface area contributed by atoms with Gasteiger partial charge >= 0.3 is 277 Å². The number of benzene rings is 2. The molecule has 0 aromatic heterocycles. The van der Waals surface area contributed by atoms with Crippen LogP contribution in [0.2, 0.25) is 23.4 Å². The van der Waals surface area contributed by atoms with Gasteiger partial charge in [0.1, 0.15) is 0 Å². The molecule has 1 aliphatic heterocycles. The third kappa shape index (κ3) is 5.06. The summed E-state index contributed by atoms with van der Waals surface area (Å²) in [4.78, 5) is 0. The first-order chi connectivity index (χ1) is 20.6. The molecule has 0 amide bonds. The number of hydrogen-bond acceptors (Lipinski definition) is 0. The Bertz CT molecular complexity index is 1380. The van der Waals surface area contributed by atoms with Crippen molar-refractivity contribution < 1.29 is 14.0 Å². The first-order valence-electron chi connectivity index (χ1n) is 18.3. The van der Waals surface area contributed by atoms with Gasteiger partial charge in [-0.1, -0.05) is 0 Å². The van der Waals surface area contributed by atoms with E-state index in [1.807, 2.05) is 21.5 Å². The van der Waals surface area contributed by atoms with Crippen LogP contribution >= 0.6 is 0 Å². The summed E-state index contributed by atoms with van der Waals surface area (Å²) in [6, 6.07) is 10.8. The molecule has 44 heavy (non-hydrogen) atoms. The van der Waals surface area contributed by atoms with Crippen molar-refractivity contribution in [3.8, 4) is 0 Å². The Kier molecular flexibility index (Phi) is 9.59. The van der Waals surface area contributed by atoms with E-state index in [-0.39, 0.29) is 0 Å². The van der Waals surface area contributed by atoms with E-state index in [0.717, 1.165) is 0 Å². The summed E-state index contributed by atoms with van der Waals surface area (Å²) in [5, 5.41) is 6.68. The molecular formula is C42H64SiV. The summed E-state index contributed by atoms with van der Waals surface area (Å²) in [6.45, 7) is 35.2. The molecule has 2 atom stereocenters. The van der Waals surface area contributed by atoms with Gasteiger partial charge in [0.25, 0.3) is 0 Å². The number of unbranched alkanes of at least 4 members (excludes halogenated alkanes) is 2. The fourth-order valence-corrected chi connectivity index (χ4v) is 25.0. The molecule has 5 rings (SSSR count). The fourth-order valence-electron chi connectivity index (χ4n) is 9.89. The second-order valence-electron chi connectivity index (χ2n) is 16.6. The van der Waals surface area contributed by atoms with Crippen molar-refractivity contribution in [1.29, 1.82) is 0 Å². The summed E-state index contributed by atoms with van der Waals surface area (Å²) < 4.78 is 1.36. The predicted molar refractivity (Wildman–Crippen MR) is 197 cm³/mol. The molecule has 241 valence electrons. The number of hydrogen-bond donors (Lipinski definition) is 0. The number of allylic oxidation sites excluding steroid dienone is 2. The van der Waals surface area contributed by atoms with Crippen molar-refractivity contribution in [2.24, 2.45) is 0 Å². The fraction of sp³-hybridized carbons (Fsp3) is 0.619. The third-order valence-electron chi connectivity index (χ3n) is 11.9. The minimum atomic E-state index is -2.52. The van der Waals surface area contributed by atoms with Gasteiger partial charge in [-0.3, -0.25) is 0 Å². The molecule has 0 nitrogen and oxygen atoms in total. The molecule has 0 fully saturated rings. The second-order valence-corrected chi connectivity index (χ2v) is 27.3. The SMILES string of the molecule is CCC[CH2][V]1([CH2]CCC)[CH]2C(C)=C(c3c(C(C)C)cc(C(C)C)cc32)[Si](C)(C)C2=C(C)[CH]1c1cc(C(C)C)cc(C(C)C)c12. The molecule has 0 N–H and O–H groups in total. The monoisotopic (exact) mass is 647 g/mol. The number of fused-ring (bicyclic) bond motifs is 8. The second kappa shape index (κ2) is 12.4. The molecule has 1 heterocycles. The minimum absolute atomic E-state index is 0.542. The van der Waals surface area contributed by atoms with Crippen LogP contribution in [0.25, 0.3) is 10.4 Å². The molecule has 0 radical (unpaired) electrons. The summed E-state index contributed by atoms with van der Waals surface area (Å²) in [7, 11) is -2.06. The van der Waals surface area contributed by atoms with E-state index in [0.29, 0.717) is 32.9 Å². The summed E-state index contributed by atoms with van der Waals surface area (Å²) in [6.07, 6.45) is 5.41. The summed E-state index contributed by atoms with van der Waals surface area (Å²) in [5.74, 6) is 2.21. The van der Waals surface area contributed by atoms with Crippen LogP contribution in [-0.4, -0.2) is 8.07 Å². The van der Waals surface area contributed by atoms with Crippen LogP contribution in [0, 0.1) is 0 Å². The first kappa shape index (κ1) is 34.1. The van der Waals surface area contributed by atoms with Crippen molar-refractivity contribution in [1.82, 2.24) is 0 Å². The normalized spacial score (nSPS) is 21.6. The zero-order valence-corrected chi connectivity index (χ0v) is 33.4. The van der Waals surface area contributed by atoms with Gasteiger partial charge in [0, 0.05) is 0 Å². The zero-order chi connectivity index (χ0) is 32.5. The van der Waals surface area contributed by atoms with Gasteiger partial charge in [-0.15, -0.1) is 0 Å². The Labute approximate surface area is 276 Å². The predicted octanol–water partition coefficient (Wildman–Crippen LogP) is 13.9. The average molecular weight is 648 g/mol. The van der Waals surface area contributed by atoms with E-state index in [9.17, 15) is 0 Å². The van der Waals surface area contributed by atoms with Gasteiger partial charge in [0.05, 0.1) is 0 Å². The molecule has 0 saturated heterocycles. The van der Waals surface area contributed by atoms with Crippen molar-refractivity contribution in [3.05, 3.63) is 79.9 Å². The van der Waals surface area contributed by atoms with Gasteiger partial charge in [-0.2, -0.15) is 0 Å². The van der Waals surface area contributed by atoms with Crippen molar-refractivity contribution in [2.45, 2.75) is 165 Å². The van der Waals surface area contributed by atoms with E-state index in [1.54, 1.807) is 44.5 Å². The van der Waals surface area contributed by atoms with E-state index in [1.165, 1.54) is 35.9 Å². The van der Waals surface area contributed by atoms with Gasteiger partial charge in [0.15, 0.2) is 0 Å². The quantitative estimate of drug-likeness (QED) is 0.225. The van der Waals surface area contributed by atoms with Crippen molar-refractivity contribution in [2.75, 3.05) is 0 Å². The maximum absolute atomic E-state index is 2.76. The first-order valence-corrected chi connectivity index (χ1v) is 24.9. The molecule has 2 heteroatoms. The van der Waals surface area contributed by atoms with Gasteiger partial charge in [-0.25, -0.2) is 0 Å². The Balaban J connectivity index is 2.00. The topological polar surface area (TPSA) is 0 Å². The van der Waals surface area contributed by atoms with Crippen LogP contribution in [-0.2, 0) is 14.0 Å². The van der Waals surface area contributed by atoms with Crippen molar-refractivity contribution >= 4 is 18.5 Å². The Morgan fingerprint density at radius 2 is 0.955 bits per heavy atom. The van der Waals surface area contributed by atoms with Gasteiger partial charge < -0.3 is 0 Å². The molecule has 2 unspecified atom stereocenters. The van der Waals surface area contributed by atoms with Crippen LogP contribution in [0.1, 0.15) is 186 Å². The Morgan fingerprint density at radius 1 is 0.591 bits per heavy atom. The van der Waals surface area contributed by atoms with E-state index < -0.39 is 22.1 Å². The molecule has 2 aromatic rings. The van der Waals surface area contributed by atoms with Gasteiger partial charge in [-0.05, 0) is 0 Å². The third-order valence-corrected chi connectivity index (χ3v) is 24.5. The molecule has 2 aliphatic carbocycles.